The minimum Gasteiger partial charge on any atom is -0.396 e. The molecule has 2 unspecified atom stereocenters. The smallest absolute Gasteiger partial charge is 0.391 e. The monoisotopic (exact) mass is 266 g/mol. The van der Waals surface area contributed by atoms with Crippen LogP contribution in [0.25, 0.3) is 0 Å². The zero-order chi connectivity index (χ0) is 13.7. The van der Waals surface area contributed by atoms with Gasteiger partial charge in [-0.3, -0.25) is 0 Å². The van der Waals surface area contributed by atoms with Gasteiger partial charge in [0.25, 0.3) is 0 Å². The van der Waals surface area contributed by atoms with Crippen LogP contribution in [-0.4, -0.2) is 24.1 Å². The zero-order valence-electron chi connectivity index (χ0n) is 9.41. The molecule has 0 aromatic heterocycles. The Bertz CT molecular complexity index is 210. The van der Waals surface area contributed by atoms with E-state index in [4.69, 9.17) is 5.11 Å². The quantitative estimate of drug-likeness (QED) is 0.722. The molecule has 7 heteroatoms. The summed E-state index contributed by atoms with van der Waals surface area (Å²) in [6.45, 7) is 0.341. The van der Waals surface area contributed by atoms with Gasteiger partial charge in [-0.25, -0.2) is 0 Å². The van der Waals surface area contributed by atoms with Crippen LogP contribution in [0.2, 0.25) is 0 Å². The highest BCUT2D eigenvalue weighted by molar-refractivity contribution is 4.69. The highest BCUT2D eigenvalue weighted by atomic mass is 19.4. The van der Waals surface area contributed by atoms with Gasteiger partial charge in [0.1, 0.15) is 0 Å². The predicted octanol–water partition coefficient (Wildman–Crippen LogP) is 3.92. The van der Waals surface area contributed by atoms with Gasteiger partial charge in [0, 0.05) is 6.61 Å². The van der Waals surface area contributed by atoms with Crippen molar-refractivity contribution in [1.82, 2.24) is 0 Å². The number of alkyl halides is 6. The molecule has 2 atom stereocenters. The van der Waals surface area contributed by atoms with Crippen LogP contribution in [-0.2, 0) is 0 Å². The van der Waals surface area contributed by atoms with Crippen molar-refractivity contribution >= 4 is 0 Å². The highest BCUT2D eigenvalue weighted by Gasteiger charge is 2.39. The van der Waals surface area contributed by atoms with Crippen molar-refractivity contribution in [3.63, 3.8) is 0 Å². The third kappa shape index (κ3) is 6.75. The van der Waals surface area contributed by atoms with Crippen LogP contribution in [0.15, 0.2) is 0 Å². The molecule has 0 aliphatic rings. The number of rotatable bonds is 6. The second kappa shape index (κ2) is 6.47. The standard InChI is InChI=1S/C10H16F6O/c1-7(9(11,12)13)3-2-4-8(5-6-17)10(14,15)16/h7-8,17H,2-6H2,1H3. The van der Waals surface area contributed by atoms with E-state index in [1.807, 2.05) is 0 Å². The van der Waals surface area contributed by atoms with E-state index in [2.05, 4.69) is 0 Å². The molecule has 0 saturated carbocycles. The minimum absolute atomic E-state index is 0.148. The fourth-order valence-electron chi connectivity index (χ4n) is 1.46. The lowest BCUT2D eigenvalue weighted by atomic mass is 9.94. The molecule has 0 radical (unpaired) electrons. The van der Waals surface area contributed by atoms with Crippen molar-refractivity contribution in [2.75, 3.05) is 6.61 Å². The molecular formula is C10H16F6O. The van der Waals surface area contributed by atoms with E-state index in [-0.39, 0.29) is 19.3 Å². The zero-order valence-corrected chi connectivity index (χ0v) is 9.41. The van der Waals surface area contributed by atoms with Gasteiger partial charge in [0.15, 0.2) is 0 Å². The third-order valence-electron chi connectivity index (χ3n) is 2.69. The van der Waals surface area contributed by atoms with Crippen molar-refractivity contribution in [3.8, 4) is 0 Å². The molecule has 0 bridgehead atoms. The van der Waals surface area contributed by atoms with E-state index in [9.17, 15) is 26.3 Å². The molecule has 1 nitrogen and oxygen atoms in total. The summed E-state index contributed by atoms with van der Waals surface area (Å²) in [5.41, 5.74) is 0. The van der Waals surface area contributed by atoms with Gasteiger partial charge < -0.3 is 5.11 Å². The van der Waals surface area contributed by atoms with Crippen LogP contribution < -0.4 is 0 Å². The van der Waals surface area contributed by atoms with Crippen molar-refractivity contribution in [3.05, 3.63) is 0 Å². The predicted molar refractivity (Wildman–Crippen MR) is 50.3 cm³/mol. The first kappa shape index (κ1) is 16.5. The van der Waals surface area contributed by atoms with E-state index in [0.29, 0.717) is 0 Å². The molecular weight excluding hydrogens is 250 g/mol. The summed E-state index contributed by atoms with van der Waals surface area (Å²) in [6, 6.07) is 0. The third-order valence-corrected chi connectivity index (χ3v) is 2.69. The molecule has 0 fully saturated rings. The second-order valence-corrected chi connectivity index (χ2v) is 4.12. The number of halogens is 6. The van der Waals surface area contributed by atoms with E-state index in [1.165, 1.54) is 0 Å². The minimum atomic E-state index is -4.45. The summed E-state index contributed by atoms with van der Waals surface area (Å²) in [5, 5.41) is 8.46. The maximum atomic E-state index is 12.3. The van der Waals surface area contributed by atoms with E-state index in [1.54, 1.807) is 0 Å². The Hall–Kier alpha value is -0.460. The maximum absolute atomic E-state index is 12.3. The molecule has 0 amide bonds. The average Bonchev–Trinajstić information content (AvgIpc) is 2.13. The molecule has 0 aromatic carbocycles. The van der Waals surface area contributed by atoms with Crippen molar-refractivity contribution < 1.29 is 31.4 Å². The normalized spacial score (nSPS) is 16.9. The first-order valence-electron chi connectivity index (χ1n) is 5.33. The van der Waals surface area contributed by atoms with Crippen LogP contribution in [0.5, 0.6) is 0 Å². The van der Waals surface area contributed by atoms with E-state index < -0.39 is 37.2 Å². The summed E-state index contributed by atoms with van der Waals surface area (Å²) in [5.74, 6) is -3.31. The van der Waals surface area contributed by atoms with Gasteiger partial charge in [0.05, 0.1) is 11.8 Å². The molecule has 0 aliphatic carbocycles. The van der Waals surface area contributed by atoms with Crippen molar-refractivity contribution in [2.24, 2.45) is 11.8 Å². The fourth-order valence-corrected chi connectivity index (χ4v) is 1.46. The molecule has 0 saturated heterocycles. The maximum Gasteiger partial charge on any atom is 0.391 e. The summed E-state index contributed by atoms with van der Waals surface area (Å²) >= 11 is 0. The Balaban J connectivity index is 4.07. The Morgan fingerprint density at radius 3 is 1.76 bits per heavy atom. The fraction of sp³-hybridized carbons (Fsp3) is 1.00. The largest absolute Gasteiger partial charge is 0.396 e. The first-order valence-corrected chi connectivity index (χ1v) is 5.33. The molecule has 1 N–H and O–H groups in total. The van der Waals surface area contributed by atoms with Crippen molar-refractivity contribution in [2.45, 2.75) is 45.0 Å². The Kier molecular flexibility index (Phi) is 6.29. The molecule has 104 valence electrons. The second-order valence-electron chi connectivity index (χ2n) is 4.12. The summed E-state index contributed by atoms with van der Waals surface area (Å²) < 4.78 is 73.3. The Morgan fingerprint density at radius 1 is 0.882 bits per heavy atom. The molecule has 0 aromatic rings. The van der Waals surface area contributed by atoms with E-state index >= 15 is 0 Å². The molecule has 0 spiro atoms. The Morgan fingerprint density at radius 2 is 1.41 bits per heavy atom. The van der Waals surface area contributed by atoms with Gasteiger partial charge >= 0.3 is 12.4 Å². The van der Waals surface area contributed by atoms with Crippen LogP contribution >= 0.6 is 0 Å². The number of hydrogen-bond donors (Lipinski definition) is 1. The Labute approximate surface area is 95.8 Å². The lowest BCUT2D eigenvalue weighted by Gasteiger charge is -2.20. The molecule has 0 aliphatic heterocycles. The number of aliphatic hydroxyl groups excluding tert-OH is 1. The van der Waals surface area contributed by atoms with E-state index in [0.717, 1.165) is 6.92 Å². The average molecular weight is 266 g/mol. The molecule has 17 heavy (non-hydrogen) atoms. The highest BCUT2D eigenvalue weighted by Crippen LogP contribution is 2.35. The van der Waals surface area contributed by atoms with Gasteiger partial charge in [-0.15, -0.1) is 0 Å². The number of aliphatic hydroxyl groups is 1. The van der Waals surface area contributed by atoms with Gasteiger partial charge in [-0.1, -0.05) is 13.3 Å². The van der Waals surface area contributed by atoms with Crippen LogP contribution in [0.4, 0.5) is 26.3 Å². The van der Waals surface area contributed by atoms with Crippen LogP contribution in [0.3, 0.4) is 0 Å². The summed E-state index contributed by atoms with van der Waals surface area (Å²) in [7, 11) is 0. The van der Waals surface area contributed by atoms with Gasteiger partial charge in [-0.2, -0.15) is 26.3 Å². The van der Waals surface area contributed by atoms with Crippen LogP contribution in [0, 0.1) is 11.8 Å². The van der Waals surface area contributed by atoms with Gasteiger partial charge in [0.2, 0.25) is 0 Å². The number of hydrogen-bond acceptors (Lipinski definition) is 1. The topological polar surface area (TPSA) is 20.2 Å². The van der Waals surface area contributed by atoms with Gasteiger partial charge in [-0.05, 0) is 19.3 Å². The lowest BCUT2D eigenvalue weighted by molar-refractivity contribution is -0.183. The molecule has 0 rings (SSSR count). The van der Waals surface area contributed by atoms with Crippen LogP contribution in [0.1, 0.15) is 32.6 Å². The summed E-state index contributed by atoms with van der Waals surface area (Å²) in [4.78, 5) is 0. The SMILES string of the molecule is CC(CCCC(CCO)C(F)(F)F)C(F)(F)F. The lowest BCUT2D eigenvalue weighted by Crippen LogP contribution is -2.25. The summed E-state index contributed by atoms with van der Waals surface area (Å²) in [6.07, 6.45) is -10.1. The first-order chi connectivity index (χ1) is 7.59. The van der Waals surface area contributed by atoms with Crippen molar-refractivity contribution in [1.29, 1.82) is 0 Å². The molecule has 0 heterocycles.